The Morgan fingerprint density at radius 1 is 1.50 bits per heavy atom. The summed E-state index contributed by atoms with van der Waals surface area (Å²) in [6.07, 6.45) is 1.03. The lowest BCUT2D eigenvalue weighted by molar-refractivity contribution is 0.0185. The number of likely N-dealkylation sites (N-methyl/N-ethyl adjacent to an activating group) is 1. The van der Waals surface area contributed by atoms with Crippen molar-refractivity contribution in [1.29, 1.82) is 5.41 Å². The summed E-state index contributed by atoms with van der Waals surface area (Å²) in [6, 6.07) is 8.32. The molecule has 1 aromatic rings. The van der Waals surface area contributed by atoms with Crippen LogP contribution in [0.1, 0.15) is 11.1 Å². The normalized spacial score (nSPS) is 18.9. The highest BCUT2D eigenvalue weighted by Crippen LogP contribution is 2.20. The Hall–Kier alpha value is -1.55. The smallest absolute Gasteiger partial charge is 0.188 e. The van der Waals surface area contributed by atoms with E-state index in [4.69, 9.17) is 15.9 Å². The molecule has 16 heavy (non-hydrogen) atoms. The summed E-state index contributed by atoms with van der Waals surface area (Å²) in [5.41, 5.74) is 8.01. The molecule has 0 amide bonds. The lowest BCUT2D eigenvalue weighted by Crippen LogP contribution is -2.41. The summed E-state index contributed by atoms with van der Waals surface area (Å²) >= 11 is 0. The number of rotatable bonds is 2. The van der Waals surface area contributed by atoms with Crippen LogP contribution in [-0.4, -0.2) is 30.6 Å². The van der Waals surface area contributed by atoms with Crippen LogP contribution in [0.25, 0.3) is 0 Å². The molecule has 4 nitrogen and oxygen atoms in total. The van der Waals surface area contributed by atoms with Gasteiger partial charge in [-0.05, 0) is 11.1 Å². The van der Waals surface area contributed by atoms with Crippen LogP contribution in [0, 0.1) is 5.41 Å². The van der Waals surface area contributed by atoms with E-state index >= 15 is 0 Å². The van der Waals surface area contributed by atoms with Gasteiger partial charge < -0.3 is 15.4 Å². The van der Waals surface area contributed by atoms with Crippen molar-refractivity contribution >= 4 is 5.96 Å². The molecule has 0 radical (unpaired) electrons. The van der Waals surface area contributed by atoms with Crippen molar-refractivity contribution in [2.24, 2.45) is 5.73 Å². The molecule has 0 saturated carbocycles. The van der Waals surface area contributed by atoms with Gasteiger partial charge in [-0.25, -0.2) is 0 Å². The van der Waals surface area contributed by atoms with Crippen molar-refractivity contribution < 1.29 is 4.74 Å². The first-order valence-electron chi connectivity index (χ1n) is 5.40. The average molecular weight is 219 g/mol. The number of ether oxygens (including phenoxy) is 1. The molecule has 4 heteroatoms. The van der Waals surface area contributed by atoms with Gasteiger partial charge in [-0.15, -0.1) is 0 Å². The number of nitrogens with one attached hydrogen (secondary N) is 1. The number of hydrogen-bond donors (Lipinski definition) is 2. The molecule has 1 aliphatic heterocycles. The number of nitrogens with zero attached hydrogens (tertiary/aromatic N) is 1. The van der Waals surface area contributed by atoms with Crippen molar-refractivity contribution in [3.63, 3.8) is 0 Å². The van der Waals surface area contributed by atoms with Crippen LogP contribution >= 0.6 is 0 Å². The quantitative estimate of drug-likeness (QED) is 0.575. The molecule has 1 atom stereocenters. The standard InChI is InChI=1S/C12H17N3O/c1-15(12(13)14)7-11-6-9-4-2-3-5-10(9)8-16-11/h2-5,11H,6-8H2,1H3,(H3,13,14). The van der Waals surface area contributed by atoms with E-state index in [9.17, 15) is 0 Å². The van der Waals surface area contributed by atoms with E-state index in [0.29, 0.717) is 13.2 Å². The zero-order valence-corrected chi connectivity index (χ0v) is 9.44. The Morgan fingerprint density at radius 3 is 2.88 bits per heavy atom. The minimum atomic E-state index is 0.0856. The van der Waals surface area contributed by atoms with Gasteiger partial charge in [0.25, 0.3) is 0 Å². The van der Waals surface area contributed by atoms with Crippen LogP contribution in [0.2, 0.25) is 0 Å². The molecule has 0 aliphatic carbocycles. The molecule has 3 N–H and O–H groups in total. The average Bonchev–Trinajstić information content (AvgIpc) is 2.28. The van der Waals surface area contributed by atoms with Crippen LogP contribution in [0.15, 0.2) is 24.3 Å². The molecule has 1 aromatic carbocycles. The van der Waals surface area contributed by atoms with Crippen molar-refractivity contribution in [3.8, 4) is 0 Å². The van der Waals surface area contributed by atoms with E-state index in [1.54, 1.807) is 4.90 Å². The van der Waals surface area contributed by atoms with Crippen molar-refractivity contribution in [3.05, 3.63) is 35.4 Å². The topological polar surface area (TPSA) is 62.3 Å². The Bertz CT molecular complexity index is 392. The third-order valence-electron chi connectivity index (χ3n) is 2.93. The summed E-state index contributed by atoms with van der Waals surface area (Å²) in [4.78, 5) is 1.71. The first-order valence-corrected chi connectivity index (χ1v) is 5.40. The van der Waals surface area contributed by atoms with Gasteiger partial charge >= 0.3 is 0 Å². The van der Waals surface area contributed by atoms with Crippen molar-refractivity contribution in [1.82, 2.24) is 4.90 Å². The third kappa shape index (κ3) is 2.33. The lowest BCUT2D eigenvalue weighted by Gasteiger charge is -2.29. The Kier molecular flexibility index (Phi) is 3.10. The molecular formula is C12H17N3O. The summed E-state index contributed by atoms with van der Waals surface area (Å²) in [5, 5.41) is 7.31. The maximum absolute atomic E-state index is 7.31. The van der Waals surface area contributed by atoms with Gasteiger partial charge in [0, 0.05) is 20.0 Å². The van der Waals surface area contributed by atoms with Crippen LogP contribution in [0.5, 0.6) is 0 Å². The van der Waals surface area contributed by atoms with Gasteiger partial charge in [0.1, 0.15) is 0 Å². The van der Waals surface area contributed by atoms with E-state index in [1.807, 2.05) is 13.1 Å². The monoisotopic (exact) mass is 219 g/mol. The number of fused-ring (bicyclic) bond motifs is 1. The molecule has 0 saturated heterocycles. The number of benzene rings is 1. The molecular weight excluding hydrogens is 202 g/mol. The van der Waals surface area contributed by atoms with Gasteiger partial charge in [-0.2, -0.15) is 0 Å². The first kappa shape index (κ1) is 11.0. The highest BCUT2D eigenvalue weighted by atomic mass is 16.5. The van der Waals surface area contributed by atoms with E-state index in [1.165, 1.54) is 11.1 Å². The van der Waals surface area contributed by atoms with Crippen LogP contribution in [0.4, 0.5) is 0 Å². The molecule has 0 spiro atoms. The Balaban J connectivity index is 2.00. The molecule has 1 unspecified atom stereocenters. The summed E-state index contributed by atoms with van der Waals surface area (Å²) in [5.74, 6) is 0.0856. The summed E-state index contributed by atoms with van der Waals surface area (Å²) in [6.45, 7) is 1.33. The fourth-order valence-electron chi connectivity index (χ4n) is 1.93. The lowest BCUT2D eigenvalue weighted by atomic mass is 9.99. The molecule has 0 bridgehead atoms. The summed E-state index contributed by atoms with van der Waals surface area (Å²) in [7, 11) is 1.81. The van der Waals surface area contributed by atoms with E-state index < -0.39 is 0 Å². The fraction of sp³-hybridized carbons (Fsp3) is 0.417. The molecule has 1 aliphatic rings. The molecule has 86 valence electrons. The highest BCUT2D eigenvalue weighted by molar-refractivity contribution is 5.74. The second-order valence-corrected chi connectivity index (χ2v) is 4.17. The van der Waals surface area contributed by atoms with Crippen molar-refractivity contribution in [2.75, 3.05) is 13.6 Å². The van der Waals surface area contributed by atoms with Gasteiger partial charge in [0.2, 0.25) is 0 Å². The first-order chi connectivity index (χ1) is 7.66. The highest BCUT2D eigenvalue weighted by Gasteiger charge is 2.20. The Labute approximate surface area is 95.5 Å². The predicted molar refractivity (Wildman–Crippen MR) is 63.3 cm³/mol. The van der Waals surface area contributed by atoms with Crippen molar-refractivity contribution in [2.45, 2.75) is 19.1 Å². The van der Waals surface area contributed by atoms with Crippen LogP contribution < -0.4 is 5.73 Å². The molecule has 0 aromatic heterocycles. The second kappa shape index (κ2) is 4.53. The number of hydrogen-bond acceptors (Lipinski definition) is 2. The van der Waals surface area contributed by atoms with Crippen LogP contribution in [-0.2, 0) is 17.8 Å². The van der Waals surface area contributed by atoms with E-state index in [2.05, 4.69) is 18.2 Å². The molecule has 0 fully saturated rings. The fourth-order valence-corrected chi connectivity index (χ4v) is 1.93. The zero-order chi connectivity index (χ0) is 11.5. The van der Waals surface area contributed by atoms with Crippen LogP contribution in [0.3, 0.4) is 0 Å². The largest absolute Gasteiger partial charge is 0.371 e. The zero-order valence-electron chi connectivity index (χ0n) is 9.44. The predicted octanol–water partition coefficient (Wildman–Crippen LogP) is 0.953. The minimum absolute atomic E-state index is 0.0856. The van der Waals surface area contributed by atoms with Gasteiger partial charge in [-0.3, -0.25) is 5.41 Å². The SMILES string of the molecule is CN(CC1Cc2ccccc2CO1)C(=N)N. The van der Waals surface area contributed by atoms with Gasteiger partial charge in [-0.1, -0.05) is 24.3 Å². The molecule has 1 heterocycles. The summed E-state index contributed by atoms with van der Waals surface area (Å²) < 4.78 is 5.73. The minimum Gasteiger partial charge on any atom is -0.371 e. The van der Waals surface area contributed by atoms with Gasteiger partial charge in [0.05, 0.1) is 12.7 Å². The number of guanidine groups is 1. The maximum Gasteiger partial charge on any atom is 0.188 e. The number of nitrogens with two attached hydrogens (primary N) is 1. The van der Waals surface area contributed by atoms with E-state index in [0.717, 1.165) is 6.42 Å². The maximum atomic E-state index is 7.31. The van der Waals surface area contributed by atoms with E-state index in [-0.39, 0.29) is 12.1 Å². The molecule has 2 rings (SSSR count). The third-order valence-corrected chi connectivity index (χ3v) is 2.93. The second-order valence-electron chi connectivity index (χ2n) is 4.17. The Morgan fingerprint density at radius 2 is 2.19 bits per heavy atom. The van der Waals surface area contributed by atoms with Gasteiger partial charge in [0.15, 0.2) is 5.96 Å².